The van der Waals surface area contributed by atoms with Crippen LogP contribution in [0.2, 0.25) is 5.02 Å². The predicted octanol–water partition coefficient (Wildman–Crippen LogP) is 2.34. The van der Waals surface area contributed by atoms with Crippen molar-refractivity contribution in [2.24, 2.45) is 11.7 Å². The average molecular weight is 334 g/mol. The van der Waals surface area contributed by atoms with Gasteiger partial charge in [0.2, 0.25) is 5.91 Å². The molecule has 0 aliphatic rings. The number of nitrogens with two attached hydrogens (primary N) is 1. The highest BCUT2D eigenvalue weighted by Gasteiger charge is 2.22. The molecule has 0 fully saturated rings. The molecule has 0 unspecified atom stereocenters. The van der Waals surface area contributed by atoms with Gasteiger partial charge in [-0.05, 0) is 40.0 Å². The molecular weight excluding hydrogens is 320 g/mol. The first kappa shape index (κ1) is 15.0. The summed E-state index contributed by atoms with van der Waals surface area (Å²) in [5.74, 6) is -0.999. The summed E-state index contributed by atoms with van der Waals surface area (Å²) >= 11 is 9.14. The van der Waals surface area contributed by atoms with Crippen LogP contribution in [0.25, 0.3) is 0 Å². The first-order valence-corrected chi connectivity index (χ1v) is 6.55. The Balaban J connectivity index is 2.87. The fraction of sp³-hybridized carbons (Fsp3) is 0.333. The third-order valence-corrected chi connectivity index (χ3v) is 3.67. The van der Waals surface area contributed by atoms with Crippen molar-refractivity contribution >= 4 is 39.3 Å². The summed E-state index contributed by atoms with van der Waals surface area (Å²) in [5, 5.41) is 3.02. The van der Waals surface area contributed by atoms with Gasteiger partial charge in [-0.25, -0.2) is 0 Å². The molecule has 0 saturated carbocycles. The number of benzene rings is 1. The van der Waals surface area contributed by atoms with E-state index in [4.69, 9.17) is 17.3 Å². The van der Waals surface area contributed by atoms with E-state index in [2.05, 4.69) is 21.2 Å². The Kier molecular flexibility index (Phi) is 5.16. The number of carbonyl (C=O) groups is 2. The quantitative estimate of drug-likeness (QED) is 0.887. The number of hydrogen-bond donors (Lipinski definition) is 2. The molecule has 0 heterocycles. The maximum absolute atomic E-state index is 11.9. The second-order valence-electron chi connectivity index (χ2n) is 4.23. The number of primary amides is 1. The molecule has 3 N–H and O–H groups in total. The van der Waals surface area contributed by atoms with Crippen LogP contribution >= 0.6 is 27.5 Å². The molecule has 1 rings (SSSR count). The SMILES string of the molecule is CC(C)[C@@H](NC(=O)c1ccc(Br)c(Cl)c1)C(N)=O. The zero-order valence-electron chi connectivity index (χ0n) is 10.0. The Morgan fingerprint density at radius 2 is 2.00 bits per heavy atom. The van der Waals surface area contributed by atoms with Gasteiger partial charge in [-0.15, -0.1) is 0 Å². The van der Waals surface area contributed by atoms with Crippen molar-refractivity contribution in [2.45, 2.75) is 19.9 Å². The van der Waals surface area contributed by atoms with E-state index in [1.807, 2.05) is 13.8 Å². The Morgan fingerprint density at radius 3 is 2.44 bits per heavy atom. The van der Waals surface area contributed by atoms with E-state index >= 15 is 0 Å². The van der Waals surface area contributed by atoms with Gasteiger partial charge >= 0.3 is 0 Å². The van der Waals surface area contributed by atoms with Crippen LogP contribution in [-0.4, -0.2) is 17.9 Å². The van der Waals surface area contributed by atoms with Gasteiger partial charge in [0.15, 0.2) is 0 Å². The summed E-state index contributed by atoms with van der Waals surface area (Å²) in [7, 11) is 0. The minimum Gasteiger partial charge on any atom is -0.368 e. The van der Waals surface area contributed by atoms with Crippen LogP contribution in [0.1, 0.15) is 24.2 Å². The van der Waals surface area contributed by atoms with E-state index in [0.29, 0.717) is 15.1 Å². The van der Waals surface area contributed by atoms with E-state index in [9.17, 15) is 9.59 Å². The molecule has 1 aromatic rings. The maximum atomic E-state index is 11.9. The molecule has 0 spiro atoms. The van der Waals surface area contributed by atoms with Crippen molar-refractivity contribution in [1.29, 1.82) is 0 Å². The molecule has 2 amide bonds. The summed E-state index contributed by atoms with van der Waals surface area (Å²) < 4.78 is 0.705. The van der Waals surface area contributed by atoms with Gasteiger partial charge in [0.05, 0.1) is 5.02 Å². The minimum atomic E-state index is -0.695. The molecule has 0 aromatic heterocycles. The lowest BCUT2D eigenvalue weighted by Crippen LogP contribution is -2.47. The molecule has 18 heavy (non-hydrogen) atoms. The van der Waals surface area contributed by atoms with Gasteiger partial charge in [0.1, 0.15) is 6.04 Å². The van der Waals surface area contributed by atoms with Crippen LogP contribution < -0.4 is 11.1 Å². The lowest BCUT2D eigenvalue weighted by molar-refractivity contribution is -0.120. The van der Waals surface area contributed by atoms with Crippen molar-refractivity contribution < 1.29 is 9.59 Å². The van der Waals surface area contributed by atoms with E-state index < -0.39 is 11.9 Å². The Hall–Kier alpha value is -1.07. The standard InChI is InChI=1S/C12H14BrClN2O2/c1-6(2)10(11(15)17)16-12(18)7-3-4-8(13)9(14)5-7/h3-6,10H,1-2H3,(H2,15,17)(H,16,18)/t10-/m1/s1. The summed E-state index contributed by atoms with van der Waals surface area (Å²) in [5.41, 5.74) is 5.62. The monoisotopic (exact) mass is 332 g/mol. The average Bonchev–Trinajstić information content (AvgIpc) is 2.28. The van der Waals surface area contributed by atoms with Gasteiger partial charge in [0.25, 0.3) is 5.91 Å². The number of carbonyl (C=O) groups excluding carboxylic acids is 2. The highest BCUT2D eigenvalue weighted by molar-refractivity contribution is 9.10. The highest BCUT2D eigenvalue weighted by atomic mass is 79.9. The largest absolute Gasteiger partial charge is 0.368 e. The van der Waals surface area contributed by atoms with Crippen molar-refractivity contribution in [3.63, 3.8) is 0 Å². The second-order valence-corrected chi connectivity index (χ2v) is 5.49. The third-order valence-electron chi connectivity index (χ3n) is 2.44. The Labute approximate surface area is 119 Å². The summed E-state index contributed by atoms with van der Waals surface area (Å²) in [6.07, 6.45) is 0. The first-order chi connectivity index (χ1) is 8.32. The van der Waals surface area contributed by atoms with Crippen LogP contribution in [-0.2, 0) is 4.79 Å². The van der Waals surface area contributed by atoms with Gasteiger partial charge < -0.3 is 11.1 Å². The van der Waals surface area contributed by atoms with E-state index in [1.54, 1.807) is 12.1 Å². The van der Waals surface area contributed by atoms with Crippen LogP contribution in [0.15, 0.2) is 22.7 Å². The summed E-state index contributed by atoms with van der Waals surface area (Å²) in [6.45, 7) is 3.62. The van der Waals surface area contributed by atoms with E-state index in [-0.39, 0.29) is 11.8 Å². The van der Waals surface area contributed by atoms with Gasteiger partial charge in [-0.3, -0.25) is 9.59 Å². The van der Waals surface area contributed by atoms with Crippen molar-refractivity contribution in [3.05, 3.63) is 33.3 Å². The molecule has 1 atom stereocenters. The molecule has 1 aromatic carbocycles. The number of halogens is 2. The minimum absolute atomic E-state index is 0.0719. The summed E-state index contributed by atoms with van der Waals surface area (Å²) in [6, 6.07) is 4.12. The topological polar surface area (TPSA) is 72.2 Å². The zero-order chi connectivity index (χ0) is 13.9. The van der Waals surface area contributed by atoms with Crippen LogP contribution in [0.5, 0.6) is 0 Å². The van der Waals surface area contributed by atoms with E-state index in [0.717, 1.165) is 0 Å². The molecule has 0 aliphatic carbocycles. The lowest BCUT2D eigenvalue weighted by Gasteiger charge is -2.19. The van der Waals surface area contributed by atoms with E-state index in [1.165, 1.54) is 6.07 Å². The van der Waals surface area contributed by atoms with Crippen LogP contribution in [0.3, 0.4) is 0 Å². The molecular formula is C12H14BrClN2O2. The normalized spacial score (nSPS) is 12.3. The highest BCUT2D eigenvalue weighted by Crippen LogP contribution is 2.23. The molecule has 0 saturated heterocycles. The molecule has 0 aliphatic heterocycles. The number of amides is 2. The van der Waals surface area contributed by atoms with Crippen LogP contribution in [0, 0.1) is 5.92 Å². The number of rotatable bonds is 4. The van der Waals surface area contributed by atoms with Crippen molar-refractivity contribution in [3.8, 4) is 0 Å². The molecule has 98 valence electrons. The van der Waals surface area contributed by atoms with Gasteiger partial charge in [-0.2, -0.15) is 0 Å². The van der Waals surface area contributed by atoms with Gasteiger partial charge in [-0.1, -0.05) is 25.4 Å². The smallest absolute Gasteiger partial charge is 0.251 e. The van der Waals surface area contributed by atoms with Crippen LogP contribution in [0.4, 0.5) is 0 Å². The van der Waals surface area contributed by atoms with Crippen molar-refractivity contribution in [1.82, 2.24) is 5.32 Å². The third kappa shape index (κ3) is 3.71. The Bertz CT molecular complexity index is 477. The molecule has 6 heteroatoms. The first-order valence-electron chi connectivity index (χ1n) is 5.38. The lowest BCUT2D eigenvalue weighted by atomic mass is 10.0. The predicted molar refractivity (Wildman–Crippen MR) is 74.4 cm³/mol. The maximum Gasteiger partial charge on any atom is 0.251 e. The number of hydrogen-bond acceptors (Lipinski definition) is 2. The van der Waals surface area contributed by atoms with Crippen molar-refractivity contribution in [2.75, 3.05) is 0 Å². The second kappa shape index (κ2) is 6.20. The van der Waals surface area contributed by atoms with Gasteiger partial charge in [0, 0.05) is 10.0 Å². The fourth-order valence-electron chi connectivity index (χ4n) is 1.43. The molecule has 0 radical (unpaired) electrons. The Morgan fingerprint density at radius 1 is 1.39 bits per heavy atom. The summed E-state index contributed by atoms with van der Waals surface area (Å²) in [4.78, 5) is 23.1. The number of nitrogens with one attached hydrogen (secondary N) is 1. The zero-order valence-corrected chi connectivity index (χ0v) is 12.4. The molecule has 0 bridgehead atoms. The molecule has 4 nitrogen and oxygen atoms in total. The fourth-order valence-corrected chi connectivity index (χ4v) is 1.86.